The van der Waals surface area contributed by atoms with Gasteiger partial charge in [0.05, 0.1) is 22.8 Å². The van der Waals surface area contributed by atoms with Crippen LogP contribution in [-0.4, -0.2) is 23.8 Å². The van der Waals surface area contributed by atoms with E-state index in [1.165, 1.54) is 6.92 Å². The van der Waals surface area contributed by atoms with Crippen molar-refractivity contribution >= 4 is 39.1 Å². The summed E-state index contributed by atoms with van der Waals surface area (Å²) < 4.78 is 1.05. The fourth-order valence-corrected chi connectivity index (χ4v) is 3.81. The van der Waals surface area contributed by atoms with Gasteiger partial charge < -0.3 is 10.2 Å². The number of halogens is 1. The lowest BCUT2D eigenvalue weighted by Gasteiger charge is -2.22. The molecule has 0 aliphatic carbocycles. The van der Waals surface area contributed by atoms with E-state index in [2.05, 4.69) is 21.2 Å². The molecule has 1 aromatic heterocycles. The highest BCUT2D eigenvalue weighted by atomic mass is 79.9. The number of carbonyl (C=O) groups excluding carboxylic acids is 2. The molecule has 0 fully saturated rings. The number of thiophene rings is 1. The van der Waals surface area contributed by atoms with Crippen molar-refractivity contribution in [3.63, 3.8) is 0 Å². The van der Waals surface area contributed by atoms with E-state index in [-0.39, 0.29) is 24.3 Å². The molecule has 0 unspecified atom stereocenters. The van der Waals surface area contributed by atoms with E-state index in [0.717, 1.165) is 14.2 Å². The van der Waals surface area contributed by atoms with Crippen molar-refractivity contribution in [2.75, 3.05) is 7.05 Å². The van der Waals surface area contributed by atoms with Gasteiger partial charge in [0.25, 0.3) is 0 Å². The summed E-state index contributed by atoms with van der Waals surface area (Å²) in [4.78, 5) is 26.7. The van der Waals surface area contributed by atoms with E-state index >= 15 is 0 Å². The SMILES string of the molecule is CC(=O)N[C@@H](CC(=O)N(C)Cc1ccc(Br)s1)c1ccccc1. The maximum absolute atomic E-state index is 12.5. The second-order valence-electron chi connectivity index (χ2n) is 5.32. The van der Waals surface area contributed by atoms with Crippen LogP contribution in [0.5, 0.6) is 0 Å². The summed E-state index contributed by atoms with van der Waals surface area (Å²) in [6.07, 6.45) is 0.243. The number of hydrogen-bond donors (Lipinski definition) is 1. The summed E-state index contributed by atoms with van der Waals surface area (Å²) in [6, 6.07) is 13.2. The van der Waals surface area contributed by atoms with Gasteiger partial charge in [-0.3, -0.25) is 9.59 Å². The molecule has 0 aliphatic rings. The van der Waals surface area contributed by atoms with Crippen molar-refractivity contribution in [3.05, 3.63) is 56.7 Å². The van der Waals surface area contributed by atoms with Crippen molar-refractivity contribution in [2.24, 2.45) is 0 Å². The quantitative estimate of drug-likeness (QED) is 0.810. The Morgan fingerprint density at radius 1 is 1.22 bits per heavy atom. The summed E-state index contributed by atoms with van der Waals surface area (Å²) in [7, 11) is 1.78. The lowest BCUT2D eigenvalue weighted by atomic mass is 10.0. The van der Waals surface area contributed by atoms with Crippen molar-refractivity contribution < 1.29 is 9.59 Å². The van der Waals surface area contributed by atoms with Crippen LogP contribution in [0.4, 0.5) is 0 Å². The zero-order valence-electron chi connectivity index (χ0n) is 13.1. The van der Waals surface area contributed by atoms with Gasteiger partial charge in [-0.2, -0.15) is 0 Å². The first-order valence-electron chi connectivity index (χ1n) is 7.26. The molecule has 0 aliphatic heterocycles. The summed E-state index contributed by atoms with van der Waals surface area (Å²) in [5.41, 5.74) is 0.934. The Hall–Kier alpha value is -1.66. The van der Waals surface area contributed by atoms with E-state index in [1.807, 2.05) is 42.5 Å². The third-order valence-corrected chi connectivity index (χ3v) is 5.01. The minimum absolute atomic E-state index is 0.00266. The van der Waals surface area contributed by atoms with Crippen LogP contribution in [0.3, 0.4) is 0 Å². The maximum atomic E-state index is 12.5. The summed E-state index contributed by atoms with van der Waals surface area (Å²) in [5.74, 6) is -0.145. The molecular formula is C17H19BrN2O2S. The van der Waals surface area contributed by atoms with Crippen LogP contribution in [0, 0.1) is 0 Å². The first-order chi connectivity index (χ1) is 11.0. The lowest BCUT2D eigenvalue weighted by molar-refractivity contribution is -0.131. The monoisotopic (exact) mass is 394 g/mol. The van der Waals surface area contributed by atoms with Crippen LogP contribution in [0.25, 0.3) is 0 Å². The molecule has 0 bridgehead atoms. The zero-order valence-corrected chi connectivity index (χ0v) is 15.5. The van der Waals surface area contributed by atoms with Crippen molar-refractivity contribution in [2.45, 2.75) is 25.9 Å². The minimum atomic E-state index is -0.307. The number of nitrogens with one attached hydrogen (secondary N) is 1. The van der Waals surface area contributed by atoms with Crippen LogP contribution in [-0.2, 0) is 16.1 Å². The van der Waals surface area contributed by atoms with Gasteiger partial charge in [0.15, 0.2) is 0 Å². The Morgan fingerprint density at radius 3 is 2.48 bits per heavy atom. The molecule has 0 saturated carbocycles. The number of hydrogen-bond acceptors (Lipinski definition) is 3. The van der Waals surface area contributed by atoms with Crippen molar-refractivity contribution in [1.82, 2.24) is 10.2 Å². The summed E-state index contributed by atoms with van der Waals surface area (Å²) >= 11 is 5.04. The fourth-order valence-electron chi connectivity index (χ4n) is 2.27. The normalized spacial score (nSPS) is 11.8. The summed E-state index contributed by atoms with van der Waals surface area (Å²) in [5, 5.41) is 2.86. The predicted molar refractivity (Wildman–Crippen MR) is 96.1 cm³/mol. The molecule has 4 nitrogen and oxygen atoms in total. The average molecular weight is 395 g/mol. The van der Waals surface area contributed by atoms with Gasteiger partial charge in [0.2, 0.25) is 11.8 Å². The Bertz CT molecular complexity index is 672. The van der Waals surface area contributed by atoms with Crippen LogP contribution in [0.2, 0.25) is 0 Å². The molecule has 1 atom stereocenters. The van der Waals surface area contributed by atoms with Gasteiger partial charge in [-0.05, 0) is 33.6 Å². The van der Waals surface area contributed by atoms with E-state index in [4.69, 9.17) is 0 Å². The molecule has 0 spiro atoms. The smallest absolute Gasteiger partial charge is 0.225 e. The summed E-state index contributed by atoms with van der Waals surface area (Å²) in [6.45, 7) is 2.03. The molecule has 0 radical (unpaired) electrons. The van der Waals surface area contributed by atoms with Gasteiger partial charge in [0.1, 0.15) is 0 Å². The first-order valence-corrected chi connectivity index (χ1v) is 8.87. The number of amides is 2. The van der Waals surface area contributed by atoms with Gasteiger partial charge in [-0.15, -0.1) is 11.3 Å². The number of nitrogens with zero attached hydrogens (tertiary/aromatic N) is 1. The largest absolute Gasteiger partial charge is 0.349 e. The standard InChI is InChI=1S/C17H19BrN2O2S/c1-12(21)19-15(13-6-4-3-5-7-13)10-17(22)20(2)11-14-8-9-16(18)23-14/h3-9,15H,10-11H2,1-2H3,(H,19,21)/t15-/m0/s1. The number of rotatable bonds is 6. The molecule has 2 aromatic rings. The number of carbonyl (C=O) groups is 2. The van der Waals surface area contributed by atoms with Crippen molar-refractivity contribution in [1.29, 1.82) is 0 Å². The van der Waals surface area contributed by atoms with Gasteiger partial charge in [-0.1, -0.05) is 30.3 Å². The van der Waals surface area contributed by atoms with Gasteiger partial charge in [-0.25, -0.2) is 0 Å². The Labute approximate surface area is 148 Å². The Morgan fingerprint density at radius 2 is 1.91 bits per heavy atom. The molecule has 1 heterocycles. The second kappa shape index (κ2) is 8.26. The Kier molecular flexibility index (Phi) is 6.36. The topological polar surface area (TPSA) is 49.4 Å². The van der Waals surface area contributed by atoms with E-state index in [9.17, 15) is 9.59 Å². The number of benzene rings is 1. The van der Waals surface area contributed by atoms with E-state index in [0.29, 0.717) is 6.54 Å². The maximum Gasteiger partial charge on any atom is 0.225 e. The van der Waals surface area contributed by atoms with Gasteiger partial charge in [0, 0.05) is 18.8 Å². The lowest BCUT2D eigenvalue weighted by Crippen LogP contribution is -2.33. The van der Waals surface area contributed by atoms with E-state index in [1.54, 1.807) is 23.3 Å². The molecule has 6 heteroatoms. The van der Waals surface area contributed by atoms with Crippen LogP contribution < -0.4 is 5.32 Å². The van der Waals surface area contributed by atoms with Crippen LogP contribution >= 0.6 is 27.3 Å². The fraction of sp³-hybridized carbons (Fsp3) is 0.294. The highest BCUT2D eigenvalue weighted by Crippen LogP contribution is 2.24. The minimum Gasteiger partial charge on any atom is -0.349 e. The molecule has 1 N–H and O–H groups in total. The highest BCUT2D eigenvalue weighted by Gasteiger charge is 2.19. The molecule has 0 saturated heterocycles. The van der Waals surface area contributed by atoms with E-state index < -0.39 is 0 Å². The van der Waals surface area contributed by atoms with Crippen LogP contribution in [0.1, 0.15) is 29.8 Å². The molecule has 122 valence electrons. The molecule has 1 aromatic carbocycles. The molecule has 2 amide bonds. The van der Waals surface area contributed by atoms with Crippen molar-refractivity contribution in [3.8, 4) is 0 Å². The highest BCUT2D eigenvalue weighted by molar-refractivity contribution is 9.11. The molecular weight excluding hydrogens is 376 g/mol. The zero-order chi connectivity index (χ0) is 16.8. The van der Waals surface area contributed by atoms with Crippen LogP contribution in [0.15, 0.2) is 46.3 Å². The molecule has 2 rings (SSSR count). The predicted octanol–water partition coefficient (Wildman–Crippen LogP) is 3.74. The average Bonchev–Trinajstić information content (AvgIpc) is 2.92. The first kappa shape index (κ1) is 17.7. The Balaban J connectivity index is 2.03. The van der Waals surface area contributed by atoms with Gasteiger partial charge >= 0.3 is 0 Å². The third kappa shape index (κ3) is 5.48. The third-order valence-electron chi connectivity index (χ3n) is 3.41. The molecule has 23 heavy (non-hydrogen) atoms. The second-order valence-corrected chi connectivity index (χ2v) is 7.87.